The lowest BCUT2D eigenvalue weighted by molar-refractivity contribution is -0.140. The fourth-order valence-electron chi connectivity index (χ4n) is 2.24. The third kappa shape index (κ3) is 7.35. The summed E-state index contributed by atoms with van der Waals surface area (Å²) in [6, 6.07) is 6.46. The lowest BCUT2D eigenvalue weighted by Crippen LogP contribution is -2.37. The van der Waals surface area contributed by atoms with Gasteiger partial charge in [0.05, 0.1) is 9.90 Å². The monoisotopic (exact) mass is 577 g/mol. The molecular weight excluding hydrogens is 554 g/mol. The first kappa shape index (κ1) is 26.6. The molecule has 13 heteroatoms. The van der Waals surface area contributed by atoms with Gasteiger partial charge in [-0.3, -0.25) is 4.99 Å². The van der Waals surface area contributed by atoms with Gasteiger partial charge in [-0.05, 0) is 17.7 Å². The molecule has 0 bridgehead atoms. The van der Waals surface area contributed by atoms with Gasteiger partial charge in [0.15, 0.2) is 11.7 Å². The number of aliphatic imine (C=N–C) groups is 1. The molecule has 0 fully saturated rings. The van der Waals surface area contributed by atoms with Crippen LogP contribution in [0.2, 0.25) is 0 Å². The molecule has 1 heterocycles. The molecule has 168 valence electrons. The maximum Gasteiger partial charge on any atom is 0.434 e. The van der Waals surface area contributed by atoms with Crippen molar-refractivity contribution in [1.29, 1.82) is 0 Å². The predicted molar refractivity (Wildman–Crippen MR) is 122 cm³/mol. The summed E-state index contributed by atoms with van der Waals surface area (Å²) in [5, 5.41) is 7.46. The number of hydrogen-bond donors (Lipinski definition) is 2. The lowest BCUT2D eigenvalue weighted by atomic mass is 10.2. The SMILES string of the molecule is CN=C(NCCc1nc(C(F)(F)F)cs1)NCc1ccc(S(=O)(=O)N(C)C)cc1.I. The van der Waals surface area contributed by atoms with E-state index in [1.807, 2.05) is 0 Å². The number of nitrogens with zero attached hydrogens (tertiary/aromatic N) is 3. The van der Waals surface area contributed by atoms with Gasteiger partial charge in [0.1, 0.15) is 0 Å². The van der Waals surface area contributed by atoms with E-state index in [2.05, 4.69) is 20.6 Å². The van der Waals surface area contributed by atoms with Crippen molar-refractivity contribution < 1.29 is 21.6 Å². The highest BCUT2D eigenvalue weighted by Crippen LogP contribution is 2.30. The Morgan fingerprint density at radius 3 is 2.33 bits per heavy atom. The lowest BCUT2D eigenvalue weighted by Gasteiger charge is -2.13. The number of sulfonamides is 1. The third-order valence-corrected chi connectivity index (χ3v) is 6.60. The van der Waals surface area contributed by atoms with Gasteiger partial charge in [-0.2, -0.15) is 13.2 Å². The number of hydrogen-bond acceptors (Lipinski definition) is 5. The van der Waals surface area contributed by atoms with E-state index < -0.39 is 21.9 Å². The van der Waals surface area contributed by atoms with E-state index in [9.17, 15) is 21.6 Å². The molecule has 7 nitrogen and oxygen atoms in total. The summed E-state index contributed by atoms with van der Waals surface area (Å²) in [7, 11) is 1.04. The zero-order chi connectivity index (χ0) is 21.7. The van der Waals surface area contributed by atoms with E-state index in [1.165, 1.54) is 26.2 Å². The fraction of sp³-hybridized carbons (Fsp3) is 0.412. The molecular formula is C17H23F3IN5O2S2. The van der Waals surface area contributed by atoms with E-state index >= 15 is 0 Å². The van der Waals surface area contributed by atoms with Crippen LogP contribution in [0.5, 0.6) is 0 Å². The first-order valence-electron chi connectivity index (χ1n) is 8.51. The van der Waals surface area contributed by atoms with Gasteiger partial charge >= 0.3 is 6.18 Å². The zero-order valence-electron chi connectivity index (χ0n) is 16.5. The van der Waals surface area contributed by atoms with Gasteiger partial charge in [-0.15, -0.1) is 35.3 Å². The smallest absolute Gasteiger partial charge is 0.356 e. The number of benzene rings is 1. The highest BCUT2D eigenvalue weighted by Gasteiger charge is 2.33. The maximum atomic E-state index is 12.6. The van der Waals surface area contributed by atoms with Crippen LogP contribution in [0.1, 0.15) is 16.3 Å². The van der Waals surface area contributed by atoms with Crippen LogP contribution >= 0.6 is 35.3 Å². The molecule has 0 unspecified atom stereocenters. The Bertz CT molecular complexity index is 945. The second-order valence-corrected chi connectivity index (χ2v) is 9.25. The maximum absolute atomic E-state index is 12.6. The Balaban J connectivity index is 0.00000450. The number of aromatic nitrogens is 1. The quantitative estimate of drug-likeness (QED) is 0.301. The molecule has 2 N–H and O–H groups in total. The molecule has 0 aliphatic carbocycles. The van der Waals surface area contributed by atoms with Gasteiger partial charge in [0, 0.05) is 46.0 Å². The van der Waals surface area contributed by atoms with E-state index in [1.54, 1.807) is 19.2 Å². The number of thiazole rings is 1. The molecule has 1 aromatic carbocycles. The number of halogens is 4. The Kier molecular flexibility index (Phi) is 9.97. The summed E-state index contributed by atoms with van der Waals surface area (Å²) in [5.74, 6) is 0.475. The van der Waals surface area contributed by atoms with Crippen LogP contribution in [0.4, 0.5) is 13.2 Å². The van der Waals surface area contributed by atoms with Crippen LogP contribution in [0, 0.1) is 0 Å². The molecule has 0 spiro atoms. The molecule has 0 radical (unpaired) electrons. The molecule has 1 aromatic heterocycles. The van der Waals surface area contributed by atoms with Gasteiger partial charge in [0.2, 0.25) is 10.0 Å². The summed E-state index contributed by atoms with van der Waals surface area (Å²) >= 11 is 0.967. The molecule has 0 saturated carbocycles. The third-order valence-electron chi connectivity index (χ3n) is 3.86. The van der Waals surface area contributed by atoms with Gasteiger partial charge in [-0.1, -0.05) is 12.1 Å². The van der Waals surface area contributed by atoms with Crippen LogP contribution in [-0.2, 0) is 29.2 Å². The second-order valence-electron chi connectivity index (χ2n) is 6.16. The fourth-order valence-corrected chi connectivity index (χ4v) is 3.95. The summed E-state index contributed by atoms with van der Waals surface area (Å²) in [4.78, 5) is 7.84. The van der Waals surface area contributed by atoms with Crippen molar-refractivity contribution in [3.8, 4) is 0 Å². The molecule has 2 rings (SSSR count). The minimum absolute atomic E-state index is 0. The summed E-state index contributed by atoms with van der Waals surface area (Å²) in [5.41, 5.74) is -0.0277. The van der Waals surface area contributed by atoms with Crippen molar-refractivity contribution in [3.63, 3.8) is 0 Å². The number of rotatable bonds is 7. The van der Waals surface area contributed by atoms with Gasteiger partial charge in [0.25, 0.3) is 0 Å². The predicted octanol–water partition coefficient (Wildman–Crippen LogP) is 2.94. The molecule has 0 aliphatic heterocycles. The summed E-state index contributed by atoms with van der Waals surface area (Å²) in [6.07, 6.45) is -4.10. The standard InChI is InChI=1S/C17H22F3N5O2S2.HI/c1-21-16(22-9-8-15-24-14(11-28-15)17(18,19)20)23-10-12-4-6-13(7-5-12)29(26,27)25(2)3;/h4-7,11H,8-10H2,1-3H3,(H2,21,22,23);1H. The van der Waals surface area contributed by atoms with Crippen molar-refractivity contribution in [2.75, 3.05) is 27.7 Å². The zero-order valence-corrected chi connectivity index (χ0v) is 20.5. The molecule has 0 aliphatic rings. The van der Waals surface area contributed by atoms with Crippen LogP contribution in [0.25, 0.3) is 0 Å². The number of nitrogens with one attached hydrogen (secondary N) is 2. The van der Waals surface area contributed by atoms with E-state index in [-0.39, 0.29) is 28.9 Å². The van der Waals surface area contributed by atoms with Gasteiger partial charge in [-0.25, -0.2) is 17.7 Å². The Hall–Kier alpha value is -1.45. The highest BCUT2D eigenvalue weighted by molar-refractivity contribution is 14.0. The van der Waals surface area contributed by atoms with E-state index in [0.717, 1.165) is 26.6 Å². The van der Waals surface area contributed by atoms with E-state index in [0.29, 0.717) is 30.5 Å². The Morgan fingerprint density at radius 2 is 1.83 bits per heavy atom. The first-order chi connectivity index (χ1) is 13.5. The van der Waals surface area contributed by atoms with Crippen molar-refractivity contribution in [2.45, 2.75) is 24.0 Å². The summed E-state index contributed by atoms with van der Waals surface area (Å²) < 4.78 is 63.0. The van der Waals surface area contributed by atoms with Crippen molar-refractivity contribution >= 4 is 51.3 Å². The molecule has 0 saturated heterocycles. The van der Waals surface area contributed by atoms with Crippen LogP contribution in [0.3, 0.4) is 0 Å². The molecule has 0 amide bonds. The first-order valence-corrected chi connectivity index (χ1v) is 10.8. The van der Waals surface area contributed by atoms with Crippen molar-refractivity contribution in [2.24, 2.45) is 4.99 Å². The van der Waals surface area contributed by atoms with Crippen LogP contribution < -0.4 is 10.6 Å². The largest absolute Gasteiger partial charge is 0.434 e. The van der Waals surface area contributed by atoms with Crippen LogP contribution in [-0.4, -0.2) is 51.4 Å². The minimum atomic E-state index is -4.43. The second kappa shape index (κ2) is 11.2. The topological polar surface area (TPSA) is 86.7 Å². The molecule has 30 heavy (non-hydrogen) atoms. The summed E-state index contributed by atoms with van der Waals surface area (Å²) in [6.45, 7) is 0.766. The normalized spacial score (nSPS) is 12.6. The Morgan fingerprint density at radius 1 is 1.20 bits per heavy atom. The highest BCUT2D eigenvalue weighted by atomic mass is 127. The van der Waals surface area contributed by atoms with Crippen molar-refractivity contribution in [3.05, 3.63) is 45.9 Å². The molecule has 0 atom stereocenters. The average molecular weight is 577 g/mol. The molecule has 2 aromatic rings. The minimum Gasteiger partial charge on any atom is -0.356 e. The Labute approximate surface area is 194 Å². The average Bonchev–Trinajstić information content (AvgIpc) is 3.14. The number of alkyl halides is 3. The van der Waals surface area contributed by atoms with E-state index in [4.69, 9.17) is 0 Å². The van der Waals surface area contributed by atoms with Gasteiger partial charge < -0.3 is 10.6 Å². The number of guanidine groups is 1. The van der Waals surface area contributed by atoms with Crippen molar-refractivity contribution in [1.82, 2.24) is 19.9 Å². The van der Waals surface area contributed by atoms with Crippen LogP contribution in [0.15, 0.2) is 39.5 Å².